The Morgan fingerprint density at radius 1 is 1.14 bits per heavy atom. The van der Waals surface area contributed by atoms with E-state index in [1.807, 2.05) is 12.1 Å². The molecule has 0 spiro atoms. The van der Waals surface area contributed by atoms with E-state index in [-0.39, 0.29) is 6.04 Å². The molecule has 21 heavy (non-hydrogen) atoms. The zero-order valence-electron chi connectivity index (χ0n) is 11.8. The Morgan fingerprint density at radius 3 is 2.76 bits per heavy atom. The van der Waals surface area contributed by atoms with Gasteiger partial charge in [-0.2, -0.15) is 0 Å². The van der Waals surface area contributed by atoms with Crippen molar-refractivity contribution in [3.05, 3.63) is 64.7 Å². The molecule has 2 aromatic rings. The third-order valence-electron chi connectivity index (χ3n) is 3.93. The second-order valence-electron chi connectivity index (χ2n) is 5.27. The fraction of sp³-hybridized carbons (Fsp3) is 0.294. The fourth-order valence-electron chi connectivity index (χ4n) is 2.84. The number of benzene rings is 2. The number of hydrogen-bond donors (Lipinski definition) is 1. The largest absolute Gasteiger partial charge is 0.497 e. The molecule has 1 aliphatic heterocycles. The van der Waals surface area contributed by atoms with Gasteiger partial charge < -0.3 is 10.1 Å². The second-order valence-corrected chi connectivity index (χ2v) is 5.27. The predicted octanol–water partition coefficient (Wildman–Crippen LogP) is 3.40. The summed E-state index contributed by atoms with van der Waals surface area (Å²) in [5, 5.41) is 3.44. The van der Waals surface area contributed by atoms with E-state index >= 15 is 0 Å². The molecule has 0 aromatic heterocycles. The predicted molar refractivity (Wildman–Crippen MR) is 77.5 cm³/mol. The van der Waals surface area contributed by atoms with Crippen molar-refractivity contribution in [2.75, 3.05) is 13.7 Å². The van der Waals surface area contributed by atoms with Crippen molar-refractivity contribution in [3.63, 3.8) is 0 Å². The zero-order chi connectivity index (χ0) is 14.8. The quantitative estimate of drug-likeness (QED) is 0.935. The van der Waals surface area contributed by atoms with E-state index < -0.39 is 11.6 Å². The maximum absolute atomic E-state index is 13.3. The van der Waals surface area contributed by atoms with E-state index in [9.17, 15) is 8.78 Å². The van der Waals surface area contributed by atoms with E-state index in [0.29, 0.717) is 6.42 Å². The molecular weight excluding hydrogens is 272 g/mol. The molecular formula is C17H17F2NO. The van der Waals surface area contributed by atoms with Gasteiger partial charge in [-0.3, -0.25) is 0 Å². The average Bonchev–Trinajstić information content (AvgIpc) is 2.50. The van der Waals surface area contributed by atoms with Gasteiger partial charge >= 0.3 is 0 Å². The molecule has 0 aliphatic carbocycles. The van der Waals surface area contributed by atoms with Crippen LogP contribution in [0.3, 0.4) is 0 Å². The molecule has 2 aromatic carbocycles. The van der Waals surface area contributed by atoms with Crippen LogP contribution in [0, 0.1) is 11.6 Å². The number of fused-ring (bicyclic) bond motifs is 1. The van der Waals surface area contributed by atoms with Crippen LogP contribution in [0.15, 0.2) is 36.4 Å². The van der Waals surface area contributed by atoms with E-state index in [4.69, 9.17) is 4.74 Å². The molecule has 0 amide bonds. The first kappa shape index (κ1) is 14.0. The number of halogens is 2. The van der Waals surface area contributed by atoms with E-state index in [1.165, 1.54) is 23.3 Å². The molecule has 2 nitrogen and oxygen atoms in total. The van der Waals surface area contributed by atoms with Gasteiger partial charge in [-0.25, -0.2) is 8.78 Å². The van der Waals surface area contributed by atoms with Crippen molar-refractivity contribution in [3.8, 4) is 5.75 Å². The van der Waals surface area contributed by atoms with Crippen LogP contribution in [0.5, 0.6) is 5.75 Å². The van der Waals surface area contributed by atoms with Crippen LogP contribution in [0.25, 0.3) is 0 Å². The van der Waals surface area contributed by atoms with E-state index in [0.717, 1.165) is 24.3 Å². The Morgan fingerprint density at radius 2 is 2.00 bits per heavy atom. The Balaban J connectivity index is 1.86. The van der Waals surface area contributed by atoms with Gasteiger partial charge in [0.05, 0.1) is 7.11 Å². The average molecular weight is 289 g/mol. The molecule has 0 saturated carbocycles. The molecule has 0 fully saturated rings. The highest BCUT2D eigenvalue weighted by Gasteiger charge is 2.20. The number of nitrogens with one attached hydrogen (secondary N) is 1. The smallest absolute Gasteiger partial charge is 0.159 e. The minimum absolute atomic E-state index is 0.115. The first-order chi connectivity index (χ1) is 10.2. The topological polar surface area (TPSA) is 21.3 Å². The molecule has 110 valence electrons. The van der Waals surface area contributed by atoms with Crippen LogP contribution in [-0.4, -0.2) is 13.7 Å². The van der Waals surface area contributed by atoms with Gasteiger partial charge in [-0.05, 0) is 60.3 Å². The lowest BCUT2D eigenvalue weighted by Crippen LogP contribution is -2.31. The van der Waals surface area contributed by atoms with Gasteiger partial charge in [0.2, 0.25) is 0 Å². The molecule has 1 aliphatic rings. The maximum Gasteiger partial charge on any atom is 0.159 e. The highest BCUT2D eigenvalue weighted by molar-refractivity contribution is 5.40. The summed E-state index contributed by atoms with van der Waals surface area (Å²) in [7, 11) is 1.65. The Hall–Kier alpha value is -1.94. The Bertz CT molecular complexity index is 657. The van der Waals surface area contributed by atoms with E-state index in [1.54, 1.807) is 13.2 Å². The highest BCUT2D eigenvalue weighted by atomic mass is 19.2. The summed E-state index contributed by atoms with van der Waals surface area (Å²) in [5.74, 6) is -0.749. The summed E-state index contributed by atoms with van der Waals surface area (Å²) < 4.78 is 31.6. The summed E-state index contributed by atoms with van der Waals surface area (Å²) in [6.45, 7) is 0.870. The maximum atomic E-state index is 13.3. The monoisotopic (exact) mass is 289 g/mol. The molecule has 0 saturated heterocycles. The highest BCUT2D eigenvalue weighted by Crippen LogP contribution is 2.29. The molecule has 0 radical (unpaired) electrons. The third kappa shape index (κ3) is 2.90. The van der Waals surface area contributed by atoms with Crippen LogP contribution in [0.2, 0.25) is 0 Å². The van der Waals surface area contributed by atoms with Crippen molar-refractivity contribution in [2.24, 2.45) is 0 Å². The third-order valence-corrected chi connectivity index (χ3v) is 3.93. The van der Waals surface area contributed by atoms with Gasteiger partial charge in [0.1, 0.15) is 5.75 Å². The lowest BCUT2D eigenvalue weighted by Gasteiger charge is -2.27. The molecule has 1 N–H and O–H groups in total. The van der Waals surface area contributed by atoms with Crippen molar-refractivity contribution in [1.82, 2.24) is 5.32 Å². The van der Waals surface area contributed by atoms with Gasteiger partial charge in [0.25, 0.3) is 0 Å². The van der Waals surface area contributed by atoms with Crippen LogP contribution < -0.4 is 10.1 Å². The molecule has 1 heterocycles. The standard InChI is InChI=1S/C17H17F2NO/c1-21-13-3-4-14-12(10-13)6-7-20-17(14)9-11-2-5-15(18)16(19)8-11/h2-5,8,10,17,20H,6-7,9H2,1H3. The summed E-state index contributed by atoms with van der Waals surface area (Å²) in [6.07, 6.45) is 1.58. The first-order valence-electron chi connectivity index (χ1n) is 7.01. The van der Waals surface area contributed by atoms with Crippen molar-refractivity contribution in [2.45, 2.75) is 18.9 Å². The second kappa shape index (κ2) is 5.82. The molecule has 0 bridgehead atoms. The molecule has 4 heteroatoms. The summed E-state index contributed by atoms with van der Waals surface area (Å²) >= 11 is 0. The first-order valence-corrected chi connectivity index (χ1v) is 7.01. The fourth-order valence-corrected chi connectivity index (χ4v) is 2.84. The van der Waals surface area contributed by atoms with Gasteiger partial charge in [-0.1, -0.05) is 12.1 Å². The summed E-state index contributed by atoms with van der Waals surface area (Å²) in [5.41, 5.74) is 3.24. The SMILES string of the molecule is COc1ccc2c(c1)CCNC2Cc1ccc(F)c(F)c1. The molecule has 1 unspecified atom stereocenters. The van der Waals surface area contributed by atoms with E-state index in [2.05, 4.69) is 11.4 Å². The lowest BCUT2D eigenvalue weighted by atomic mass is 9.90. The summed E-state index contributed by atoms with van der Waals surface area (Å²) in [6, 6.07) is 10.2. The van der Waals surface area contributed by atoms with Gasteiger partial charge in [-0.15, -0.1) is 0 Å². The Labute approximate surface area is 122 Å². The Kier molecular flexibility index (Phi) is 3.88. The van der Waals surface area contributed by atoms with Crippen molar-refractivity contribution >= 4 is 0 Å². The normalized spacial score (nSPS) is 17.4. The van der Waals surface area contributed by atoms with Gasteiger partial charge in [0, 0.05) is 6.04 Å². The van der Waals surface area contributed by atoms with Crippen LogP contribution in [0.4, 0.5) is 8.78 Å². The van der Waals surface area contributed by atoms with Crippen LogP contribution in [0.1, 0.15) is 22.7 Å². The minimum atomic E-state index is -0.805. The minimum Gasteiger partial charge on any atom is -0.497 e. The van der Waals surface area contributed by atoms with Crippen LogP contribution in [-0.2, 0) is 12.8 Å². The molecule has 1 atom stereocenters. The summed E-state index contributed by atoms with van der Waals surface area (Å²) in [4.78, 5) is 0. The van der Waals surface area contributed by atoms with Crippen molar-refractivity contribution in [1.29, 1.82) is 0 Å². The van der Waals surface area contributed by atoms with Crippen LogP contribution >= 0.6 is 0 Å². The number of methoxy groups -OCH3 is 1. The zero-order valence-corrected chi connectivity index (χ0v) is 11.8. The number of rotatable bonds is 3. The van der Waals surface area contributed by atoms with Crippen molar-refractivity contribution < 1.29 is 13.5 Å². The van der Waals surface area contributed by atoms with Gasteiger partial charge in [0.15, 0.2) is 11.6 Å². The lowest BCUT2D eigenvalue weighted by molar-refractivity contribution is 0.412. The number of ether oxygens (including phenoxy) is 1. The molecule has 3 rings (SSSR count). The number of hydrogen-bond acceptors (Lipinski definition) is 2.